The molecule has 0 saturated carbocycles. The highest BCUT2D eigenvalue weighted by Crippen LogP contribution is 2.22. The maximum atomic E-state index is 10.6. The number of aryl methyl sites for hydroxylation is 1. The van der Waals surface area contributed by atoms with Crippen LogP contribution in [0.4, 0.5) is 0 Å². The van der Waals surface area contributed by atoms with E-state index in [0.29, 0.717) is 5.92 Å². The monoisotopic (exact) mass is 270 g/mol. The van der Waals surface area contributed by atoms with Gasteiger partial charge in [0.25, 0.3) is 0 Å². The summed E-state index contributed by atoms with van der Waals surface area (Å²) in [5, 5.41) is 9.51. The minimum atomic E-state index is -0.812. The van der Waals surface area contributed by atoms with Crippen LogP contribution < -0.4 is 0 Å². The molecule has 1 aliphatic heterocycles. The zero-order chi connectivity index (χ0) is 13.0. The number of rotatable bonds is 5. The first-order valence-corrected chi connectivity index (χ1v) is 7.10. The third-order valence-corrected chi connectivity index (χ3v) is 4.01. The molecular weight excluding hydrogens is 252 g/mol. The Balaban J connectivity index is 2.01. The summed E-state index contributed by atoms with van der Waals surface area (Å²) in [5.74, 6) is -0.249. The quantitative estimate of drug-likeness (QED) is 0.826. The first-order chi connectivity index (χ1) is 8.66. The number of hydrogen-bond acceptors (Lipinski definition) is 4. The molecule has 18 heavy (non-hydrogen) atoms. The van der Waals surface area contributed by atoms with Crippen molar-refractivity contribution in [1.82, 2.24) is 9.55 Å². The van der Waals surface area contributed by atoms with E-state index in [2.05, 4.69) is 9.55 Å². The fourth-order valence-electron chi connectivity index (χ4n) is 2.11. The second-order valence-corrected chi connectivity index (χ2v) is 5.50. The van der Waals surface area contributed by atoms with Gasteiger partial charge in [0, 0.05) is 31.0 Å². The van der Waals surface area contributed by atoms with Gasteiger partial charge in [-0.3, -0.25) is 4.79 Å². The van der Waals surface area contributed by atoms with Crippen molar-refractivity contribution in [2.24, 2.45) is 5.92 Å². The Morgan fingerprint density at radius 1 is 1.72 bits per heavy atom. The standard InChI is InChI=1S/C12H18N2O3S/c1-9-5-13-12(18-8-11(15)16)14(9)6-10-3-2-4-17-7-10/h5,10H,2-4,6-8H2,1H3,(H,15,16). The van der Waals surface area contributed by atoms with Gasteiger partial charge in [0.05, 0.1) is 12.4 Å². The van der Waals surface area contributed by atoms with Crippen LogP contribution in [-0.4, -0.2) is 39.6 Å². The Hall–Kier alpha value is -1.01. The number of ether oxygens (including phenoxy) is 1. The fraction of sp³-hybridized carbons (Fsp3) is 0.667. The van der Waals surface area contributed by atoms with Gasteiger partial charge in [-0.25, -0.2) is 4.98 Å². The third-order valence-electron chi connectivity index (χ3n) is 3.04. The molecule has 2 heterocycles. The third kappa shape index (κ3) is 3.49. The second kappa shape index (κ2) is 6.24. The number of carboxylic acid groups (broad SMARTS) is 1. The Morgan fingerprint density at radius 3 is 3.22 bits per heavy atom. The van der Waals surface area contributed by atoms with Crippen molar-refractivity contribution in [2.75, 3.05) is 19.0 Å². The Morgan fingerprint density at radius 2 is 2.56 bits per heavy atom. The minimum Gasteiger partial charge on any atom is -0.481 e. The molecule has 1 aromatic heterocycles. The Labute approximate surface area is 111 Å². The van der Waals surface area contributed by atoms with E-state index in [4.69, 9.17) is 9.84 Å². The summed E-state index contributed by atoms with van der Waals surface area (Å²) in [4.78, 5) is 14.9. The highest BCUT2D eigenvalue weighted by Gasteiger charge is 2.18. The number of thioether (sulfide) groups is 1. The highest BCUT2D eigenvalue weighted by molar-refractivity contribution is 7.99. The minimum absolute atomic E-state index is 0.0532. The molecule has 6 heteroatoms. The van der Waals surface area contributed by atoms with Crippen molar-refractivity contribution in [3.8, 4) is 0 Å². The van der Waals surface area contributed by atoms with Crippen LogP contribution in [0.25, 0.3) is 0 Å². The molecule has 2 rings (SSSR count). The van der Waals surface area contributed by atoms with Crippen LogP contribution in [-0.2, 0) is 16.1 Å². The molecule has 0 bridgehead atoms. The van der Waals surface area contributed by atoms with E-state index in [1.165, 1.54) is 18.2 Å². The summed E-state index contributed by atoms with van der Waals surface area (Å²) in [5.41, 5.74) is 1.08. The molecule has 0 radical (unpaired) electrons. The Bertz CT molecular complexity index is 413. The topological polar surface area (TPSA) is 64.3 Å². The summed E-state index contributed by atoms with van der Waals surface area (Å²) in [6, 6.07) is 0. The fourth-order valence-corrected chi connectivity index (χ4v) is 2.87. The molecule has 0 aliphatic carbocycles. The van der Waals surface area contributed by atoms with Crippen LogP contribution in [0, 0.1) is 12.8 Å². The molecule has 1 aromatic rings. The lowest BCUT2D eigenvalue weighted by Crippen LogP contribution is -2.23. The van der Waals surface area contributed by atoms with Crippen molar-refractivity contribution in [3.63, 3.8) is 0 Å². The molecule has 1 unspecified atom stereocenters. The predicted octanol–water partition coefficient (Wildman–Crippen LogP) is 1.79. The first kappa shape index (κ1) is 13.4. The number of carboxylic acids is 1. The van der Waals surface area contributed by atoms with Crippen LogP contribution in [0.3, 0.4) is 0 Å². The lowest BCUT2D eigenvalue weighted by atomic mass is 10.0. The molecule has 0 amide bonds. The molecule has 1 saturated heterocycles. The van der Waals surface area contributed by atoms with Gasteiger partial charge in [0.1, 0.15) is 0 Å². The number of aromatic nitrogens is 2. The molecule has 0 aromatic carbocycles. The van der Waals surface area contributed by atoms with Gasteiger partial charge in [-0.1, -0.05) is 11.8 Å². The normalized spacial score (nSPS) is 19.9. The average molecular weight is 270 g/mol. The lowest BCUT2D eigenvalue weighted by molar-refractivity contribution is -0.133. The SMILES string of the molecule is Cc1cnc(SCC(=O)O)n1CC1CCCOC1. The van der Waals surface area contributed by atoms with Crippen molar-refractivity contribution in [2.45, 2.75) is 31.5 Å². The summed E-state index contributed by atoms with van der Waals surface area (Å²) < 4.78 is 7.58. The molecule has 1 atom stereocenters. The maximum Gasteiger partial charge on any atom is 0.313 e. The van der Waals surface area contributed by atoms with Gasteiger partial charge < -0.3 is 14.4 Å². The van der Waals surface area contributed by atoms with Crippen LogP contribution in [0.5, 0.6) is 0 Å². The van der Waals surface area contributed by atoms with Crippen LogP contribution in [0.1, 0.15) is 18.5 Å². The van der Waals surface area contributed by atoms with Gasteiger partial charge in [-0.2, -0.15) is 0 Å². The highest BCUT2D eigenvalue weighted by atomic mass is 32.2. The smallest absolute Gasteiger partial charge is 0.313 e. The van der Waals surface area contributed by atoms with E-state index in [1.54, 1.807) is 6.20 Å². The molecule has 100 valence electrons. The van der Waals surface area contributed by atoms with Crippen LogP contribution in [0.15, 0.2) is 11.4 Å². The Kier molecular flexibility index (Phi) is 4.66. The number of imidazole rings is 1. The molecule has 1 aliphatic rings. The van der Waals surface area contributed by atoms with E-state index < -0.39 is 5.97 Å². The van der Waals surface area contributed by atoms with Crippen LogP contribution in [0.2, 0.25) is 0 Å². The molecular formula is C12H18N2O3S. The van der Waals surface area contributed by atoms with Gasteiger partial charge in [0.2, 0.25) is 0 Å². The van der Waals surface area contributed by atoms with Gasteiger partial charge >= 0.3 is 5.97 Å². The zero-order valence-electron chi connectivity index (χ0n) is 10.5. The van der Waals surface area contributed by atoms with Crippen molar-refractivity contribution in [1.29, 1.82) is 0 Å². The van der Waals surface area contributed by atoms with E-state index in [0.717, 1.165) is 37.0 Å². The van der Waals surface area contributed by atoms with Crippen molar-refractivity contribution < 1.29 is 14.6 Å². The summed E-state index contributed by atoms with van der Waals surface area (Å²) in [6.07, 6.45) is 4.07. The molecule has 1 N–H and O–H groups in total. The summed E-state index contributed by atoms with van der Waals surface area (Å²) >= 11 is 1.28. The summed E-state index contributed by atoms with van der Waals surface area (Å²) in [7, 11) is 0. The van der Waals surface area contributed by atoms with E-state index in [-0.39, 0.29) is 5.75 Å². The largest absolute Gasteiger partial charge is 0.481 e. The lowest BCUT2D eigenvalue weighted by Gasteiger charge is -2.23. The average Bonchev–Trinajstić information content (AvgIpc) is 2.70. The molecule has 5 nitrogen and oxygen atoms in total. The number of carbonyl (C=O) groups is 1. The summed E-state index contributed by atoms with van der Waals surface area (Å²) in [6.45, 7) is 4.52. The maximum absolute atomic E-state index is 10.6. The van der Waals surface area contributed by atoms with Crippen LogP contribution >= 0.6 is 11.8 Å². The number of hydrogen-bond donors (Lipinski definition) is 1. The van der Waals surface area contributed by atoms with Gasteiger partial charge in [-0.05, 0) is 19.8 Å². The second-order valence-electron chi connectivity index (χ2n) is 4.56. The van der Waals surface area contributed by atoms with E-state index in [1.807, 2.05) is 6.92 Å². The molecule has 0 spiro atoms. The first-order valence-electron chi connectivity index (χ1n) is 6.11. The predicted molar refractivity (Wildman–Crippen MR) is 68.9 cm³/mol. The molecule has 1 fully saturated rings. The van der Waals surface area contributed by atoms with Crippen molar-refractivity contribution >= 4 is 17.7 Å². The van der Waals surface area contributed by atoms with Gasteiger partial charge in [0.15, 0.2) is 5.16 Å². The van der Waals surface area contributed by atoms with Gasteiger partial charge in [-0.15, -0.1) is 0 Å². The zero-order valence-corrected chi connectivity index (χ0v) is 11.3. The van der Waals surface area contributed by atoms with E-state index >= 15 is 0 Å². The van der Waals surface area contributed by atoms with E-state index in [9.17, 15) is 4.79 Å². The number of aliphatic carboxylic acids is 1. The van der Waals surface area contributed by atoms with Crippen molar-refractivity contribution in [3.05, 3.63) is 11.9 Å². The number of nitrogens with zero attached hydrogens (tertiary/aromatic N) is 2.